The van der Waals surface area contributed by atoms with Gasteiger partial charge in [-0.1, -0.05) is 18.2 Å². The number of benzene rings is 2. The molecule has 1 saturated heterocycles. The molecular weight excluding hydrogens is 368 g/mol. The van der Waals surface area contributed by atoms with Crippen LogP contribution in [0, 0.1) is 5.92 Å². The molecule has 29 heavy (non-hydrogen) atoms. The average molecular weight is 390 g/mol. The molecule has 3 N–H and O–H groups in total. The highest BCUT2D eigenvalue weighted by molar-refractivity contribution is 6.03. The topological polar surface area (TPSA) is 101 Å². The number of hydrogen-bond acceptors (Lipinski definition) is 4. The molecule has 0 spiro atoms. The molecule has 0 aliphatic carbocycles. The van der Waals surface area contributed by atoms with Crippen LogP contribution in [0.3, 0.4) is 0 Å². The van der Waals surface area contributed by atoms with Gasteiger partial charge in [-0.25, -0.2) is 0 Å². The van der Waals surface area contributed by atoms with Gasteiger partial charge in [0, 0.05) is 35.5 Å². The molecular formula is C22H22N4O3. The van der Waals surface area contributed by atoms with Crippen LogP contribution in [0.25, 0.3) is 11.1 Å². The van der Waals surface area contributed by atoms with Crippen molar-refractivity contribution in [3.63, 3.8) is 0 Å². The van der Waals surface area contributed by atoms with Crippen molar-refractivity contribution in [2.45, 2.75) is 12.8 Å². The van der Waals surface area contributed by atoms with Crippen molar-refractivity contribution < 1.29 is 14.3 Å². The first-order valence-corrected chi connectivity index (χ1v) is 9.44. The second kappa shape index (κ2) is 7.79. The number of primary amides is 1. The van der Waals surface area contributed by atoms with Gasteiger partial charge in [-0.15, -0.1) is 0 Å². The quantitative estimate of drug-likeness (QED) is 0.676. The second-order valence-corrected chi connectivity index (χ2v) is 7.11. The number of methoxy groups -OCH3 is 1. The number of nitrogens with one attached hydrogen (secondary N) is 1. The number of anilines is 1. The second-order valence-electron chi connectivity index (χ2n) is 7.11. The summed E-state index contributed by atoms with van der Waals surface area (Å²) in [5, 5.41) is 6.66. The average Bonchev–Trinajstić information content (AvgIpc) is 3.38. The van der Waals surface area contributed by atoms with E-state index >= 15 is 0 Å². The van der Waals surface area contributed by atoms with Crippen LogP contribution in [0.1, 0.15) is 22.3 Å². The number of nitrogens with two attached hydrogens (primary N) is 1. The molecule has 1 fully saturated rings. The highest BCUT2D eigenvalue weighted by atomic mass is 16.5. The van der Waals surface area contributed by atoms with E-state index in [9.17, 15) is 9.59 Å². The van der Waals surface area contributed by atoms with E-state index in [-0.39, 0.29) is 11.8 Å². The number of carbonyl (C=O) groups excluding carboxylic acids is 2. The highest BCUT2D eigenvalue weighted by Gasteiger charge is 2.33. The first-order chi connectivity index (χ1) is 14.1. The van der Waals surface area contributed by atoms with Crippen LogP contribution in [-0.4, -0.2) is 35.7 Å². The van der Waals surface area contributed by atoms with Crippen molar-refractivity contribution >= 4 is 17.5 Å². The minimum atomic E-state index is -0.539. The van der Waals surface area contributed by atoms with Gasteiger partial charge in [-0.3, -0.25) is 14.7 Å². The number of nitrogens with zero attached hydrogens (tertiary/aromatic N) is 2. The van der Waals surface area contributed by atoms with E-state index in [0.29, 0.717) is 29.8 Å². The number of amides is 2. The summed E-state index contributed by atoms with van der Waals surface area (Å²) in [5.41, 5.74) is 9.18. The van der Waals surface area contributed by atoms with Crippen molar-refractivity contribution in [1.82, 2.24) is 10.2 Å². The Morgan fingerprint density at radius 2 is 2.17 bits per heavy atom. The molecule has 0 saturated carbocycles. The van der Waals surface area contributed by atoms with E-state index in [1.165, 1.54) is 0 Å². The van der Waals surface area contributed by atoms with Crippen molar-refractivity contribution in [1.29, 1.82) is 0 Å². The molecule has 3 aromatic rings. The first-order valence-electron chi connectivity index (χ1n) is 9.44. The number of rotatable bonds is 6. The maximum atomic E-state index is 13.0. The standard InChI is InChI=1S/C22H22N4O3/c1-29-18-4-2-3-14(10-18)9-15-7-8-26(22(15)28)17-5-6-19(16-12-24-25-13-16)20(11-17)21(23)27/h2-6,10-13,15H,7-9H2,1H3,(H2,23,27)(H,24,25). The Bertz CT molecular complexity index is 1050. The lowest BCUT2D eigenvalue weighted by Crippen LogP contribution is -2.28. The molecule has 7 heteroatoms. The lowest BCUT2D eigenvalue weighted by molar-refractivity contribution is -0.120. The van der Waals surface area contributed by atoms with Crippen LogP contribution < -0.4 is 15.4 Å². The predicted octanol–water partition coefficient (Wildman–Crippen LogP) is 2.78. The van der Waals surface area contributed by atoms with Crippen LogP contribution in [0.5, 0.6) is 5.75 Å². The Morgan fingerprint density at radius 3 is 2.90 bits per heavy atom. The Hall–Kier alpha value is -3.61. The first kappa shape index (κ1) is 18.7. The van der Waals surface area contributed by atoms with E-state index in [4.69, 9.17) is 10.5 Å². The summed E-state index contributed by atoms with van der Waals surface area (Å²) < 4.78 is 5.27. The van der Waals surface area contributed by atoms with E-state index in [1.807, 2.05) is 36.4 Å². The Labute approximate surface area is 168 Å². The van der Waals surface area contributed by atoms with E-state index in [2.05, 4.69) is 10.2 Å². The van der Waals surface area contributed by atoms with Gasteiger partial charge >= 0.3 is 0 Å². The van der Waals surface area contributed by atoms with E-state index in [1.54, 1.807) is 30.5 Å². The van der Waals surface area contributed by atoms with Gasteiger partial charge in [0.05, 0.1) is 13.3 Å². The smallest absolute Gasteiger partial charge is 0.249 e. The van der Waals surface area contributed by atoms with Crippen LogP contribution in [0.2, 0.25) is 0 Å². The molecule has 1 aliphatic heterocycles. The molecule has 1 aliphatic rings. The molecule has 0 radical (unpaired) electrons. The lowest BCUT2D eigenvalue weighted by atomic mass is 9.98. The summed E-state index contributed by atoms with van der Waals surface area (Å²) in [5.74, 6) is 0.195. The molecule has 2 amide bonds. The summed E-state index contributed by atoms with van der Waals surface area (Å²) in [7, 11) is 1.63. The normalized spacial score (nSPS) is 16.2. The fourth-order valence-electron chi connectivity index (χ4n) is 3.82. The van der Waals surface area contributed by atoms with Crippen LogP contribution in [0.4, 0.5) is 5.69 Å². The molecule has 1 atom stereocenters. The summed E-state index contributed by atoms with van der Waals surface area (Å²) in [4.78, 5) is 26.8. The third-order valence-corrected chi connectivity index (χ3v) is 5.32. The monoisotopic (exact) mass is 390 g/mol. The van der Waals surface area contributed by atoms with Gasteiger partial charge in [0.15, 0.2) is 0 Å². The van der Waals surface area contributed by atoms with Crippen molar-refractivity contribution in [2.75, 3.05) is 18.6 Å². The van der Waals surface area contributed by atoms with Gasteiger partial charge in [-0.05, 0) is 48.2 Å². The van der Waals surface area contributed by atoms with Crippen LogP contribution in [-0.2, 0) is 11.2 Å². The zero-order valence-corrected chi connectivity index (χ0v) is 16.1. The predicted molar refractivity (Wildman–Crippen MR) is 110 cm³/mol. The summed E-state index contributed by atoms with van der Waals surface area (Å²) >= 11 is 0. The Balaban J connectivity index is 1.57. The zero-order chi connectivity index (χ0) is 20.4. The van der Waals surface area contributed by atoms with E-state index in [0.717, 1.165) is 23.3 Å². The molecule has 2 aromatic carbocycles. The lowest BCUT2D eigenvalue weighted by Gasteiger charge is -2.19. The van der Waals surface area contributed by atoms with Gasteiger partial charge in [-0.2, -0.15) is 5.10 Å². The molecule has 7 nitrogen and oxygen atoms in total. The summed E-state index contributed by atoms with van der Waals surface area (Å²) in [6, 6.07) is 13.1. The van der Waals surface area contributed by atoms with Crippen LogP contribution >= 0.6 is 0 Å². The fraction of sp³-hybridized carbons (Fsp3) is 0.227. The molecule has 4 rings (SSSR count). The highest BCUT2D eigenvalue weighted by Crippen LogP contribution is 2.32. The van der Waals surface area contributed by atoms with Crippen LogP contribution in [0.15, 0.2) is 54.9 Å². The van der Waals surface area contributed by atoms with Gasteiger partial charge in [0.25, 0.3) is 0 Å². The van der Waals surface area contributed by atoms with Crippen molar-refractivity contribution in [3.05, 3.63) is 66.0 Å². The summed E-state index contributed by atoms with van der Waals surface area (Å²) in [6.07, 6.45) is 4.74. The minimum absolute atomic E-state index is 0.0549. The van der Waals surface area contributed by atoms with Crippen molar-refractivity contribution in [2.24, 2.45) is 11.7 Å². The van der Waals surface area contributed by atoms with Gasteiger partial charge in [0.1, 0.15) is 5.75 Å². The third-order valence-electron chi connectivity index (χ3n) is 5.32. The number of aromatic nitrogens is 2. The zero-order valence-electron chi connectivity index (χ0n) is 16.1. The number of ether oxygens (including phenoxy) is 1. The number of carbonyl (C=O) groups is 2. The third kappa shape index (κ3) is 3.71. The minimum Gasteiger partial charge on any atom is -0.497 e. The maximum Gasteiger partial charge on any atom is 0.249 e. The molecule has 0 bridgehead atoms. The molecule has 1 unspecified atom stereocenters. The summed E-state index contributed by atoms with van der Waals surface area (Å²) in [6.45, 7) is 0.608. The Morgan fingerprint density at radius 1 is 1.31 bits per heavy atom. The number of H-pyrrole nitrogens is 1. The SMILES string of the molecule is COc1cccc(CC2CCN(c3ccc(-c4cn[nH]c4)c(C(N)=O)c3)C2=O)c1. The van der Waals surface area contributed by atoms with Crippen molar-refractivity contribution in [3.8, 4) is 16.9 Å². The van der Waals surface area contributed by atoms with Gasteiger partial charge < -0.3 is 15.4 Å². The van der Waals surface area contributed by atoms with E-state index < -0.39 is 5.91 Å². The molecule has 1 aromatic heterocycles. The molecule has 2 heterocycles. The fourth-order valence-corrected chi connectivity index (χ4v) is 3.82. The number of aromatic amines is 1. The molecule has 148 valence electrons. The largest absolute Gasteiger partial charge is 0.497 e. The van der Waals surface area contributed by atoms with Gasteiger partial charge in [0.2, 0.25) is 11.8 Å². The Kier molecular flexibility index (Phi) is 5.03. The number of hydrogen-bond donors (Lipinski definition) is 2. The maximum absolute atomic E-state index is 13.0.